The zero-order valence-corrected chi connectivity index (χ0v) is 8.76. The van der Waals surface area contributed by atoms with Gasteiger partial charge < -0.3 is 9.84 Å². The van der Waals surface area contributed by atoms with Crippen LogP contribution in [0, 0.1) is 0 Å². The van der Waals surface area contributed by atoms with Crippen LogP contribution in [0.5, 0.6) is 11.5 Å². The molecular formula is C10H11ClO3. The number of benzene rings is 1. The molecule has 1 aromatic carbocycles. The third kappa shape index (κ3) is 2.17. The maximum absolute atomic E-state index is 11.1. The van der Waals surface area contributed by atoms with Crippen LogP contribution in [0.3, 0.4) is 0 Å². The van der Waals surface area contributed by atoms with E-state index in [9.17, 15) is 9.90 Å². The van der Waals surface area contributed by atoms with Crippen molar-refractivity contribution in [3.05, 3.63) is 22.7 Å². The molecule has 0 fully saturated rings. The van der Waals surface area contributed by atoms with Gasteiger partial charge in [0.1, 0.15) is 11.5 Å². The number of rotatable bonds is 3. The number of phenolic OH excluding ortho intramolecular Hbond substituents is 1. The summed E-state index contributed by atoms with van der Waals surface area (Å²) in [5.41, 5.74) is 0.273. The number of ketones is 1. The van der Waals surface area contributed by atoms with Crippen molar-refractivity contribution in [2.45, 2.75) is 13.8 Å². The number of carbonyl (C=O) groups is 1. The molecule has 14 heavy (non-hydrogen) atoms. The van der Waals surface area contributed by atoms with Crippen molar-refractivity contribution in [3.8, 4) is 11.5 Å². The van der Waals surface area contributed by atoms with Crippen LogP contribution in [0.4, 0.5) is 0 Å². The molecule has 0 bridgehead atoms. The minimum atomic E-state index is -0.202. The smallest absolute Gasteiger partial charge is 0.161 e. The van der Waals surface area contributed by atoms with Crippen LogP contribution in [-0.4, -0.2) is 17.5 Å². The normalized spacial score (nSPS) is 9.93. The van der Waals surface area contributed by atoms with Crippen LogP contribution < -0.4 is 4.74 Å². The van der Waals surface area contributed by atoms with Gasteiger partial charge in [-0.2, -0.15) is 0 Å². The van der Waals surface area contributed by atoms with Gasteiger partial charge in [0.25, 0.3) is 0 Å². The first-order valence-electron chi connectivity index (χ1n) is 4.22. The maximum Gasteiger partial charge on any atom is 0.161 e. The topological polar surface area (TPSA) is 46.5 Å². The number of carbonyl (C=O) groups excluding carboxylic acids is 1. The molecule has 0 aliphatic rings. The van der Waals surface area contributed by atoms with Gasteiger partial charge in [-0.1, -0.05) is 11.6 Å². The lowest BCUT2D eigenvalue weighted by molar-refractivity contribution is 0.101. The first-order chi connectivity index (χ1) is 6.56. The number of halogens is 1. The van der Waals surface area contributed by atoms with Crippen LogP contribution in [0.15, 0.2) is 12.1 Å². The van der Waals surface area contributed by atoms with Crippen molar-refractivity contribution in [2.24, 2.45) is 0 Å². The Morgan fingerprint density at radius 2 is 2.21 bits per heavy atom. The summed E-state index contributed by atoms with van der Waals surface area (Å²) in [5, 5.41) is 9.46. The molecule has 1 rings (SSSR count). The van der Waals surface area contributed by atoms with Crippen molar-refractivity contribution in [1.82, 2.24) is 0 Å². The molecule has 0 spiro atoms. The van der Waals surface area contributed by atoms with E-state index in [0.717, 1.165) is 0 Å². The van der Waals surface area contributed by atoms with E-state index in [1.165, 1.54) is 19.1 Å². The lowest BCUT2D eigenvalue weighted by Crippen LogP contribution is -1.97. The number of hydrogen-bond acceptors (Lipinski definition) is 3. The van der Waals surface area contributed by atoms with E-state index in [2.05, 4.69) is 0 Å². The predicted octanol–water partition coefficient (Wildman–Crippen LogP) is 2.65. The Bertz CT molecular complexity index is 361. The molecule has 0 amide bonds. The summed E-state index contributed by atoms with van der Waals surface area (Å²) in [7, 11) is 0. The minimum absolute atomic E-state index is 0.0703. The van der Waals surface area contributed by atoms with Gasteiger partial charge in [-0.15, -0.1) is 0 Å². The van der Waals surface area contributed by atoms with Crippen molar-refractivity contribution < 1.29 is 14.6 Å². The van der Waals surface area contributed by atoms with Gasteiger partial charge in [0, 0.05) is 11.6 Å². The summed E-state index contributed by atoms with van der Waals surface area (Å²) in [6.45, 7) is 3.67. The average molecular weight is 215 g/mol. The molecule has 1 aromatic rings. The van der Waals surface area contributed by atoms with Crippen LogP contribution in [0.25, 0.3) is 0 Å². The lowest BCUT2D eigenvalue weighted by Gasteiger charge is -2.07. The monoisotopic (exact) mass is 214 g/mol. The Hall–Kier alpha value is -1.22. The zero-order valence-electron chi connectivity index (χ0n) is 8.00. The number of Topliss-reactive ketones (excluding diaryl/α,β-unsaturated/α-hetero) is 1. The molecular weight excluding hydrogens is 204 g/mol. The summed E-state index contributed by atoms with van der Waals surface area (Å²) in [6.07, 6.45) is 0. The first kappa shape index (κ1) is 10.9. The van der Waals surface area contributed by atoms with Gasteiger partial charge in [0.2, 0.25) is 0 Å². The Morgan fingerprint density at radius 1 is 1.57 bits per heavy atom. The molecule has 0 aromatic heterocycles. The third-order valence-corrected chi connectivity index (χ3v) is 2.11. The molecule has 0 atom stereocenters. The highest BCUT2D eigenvalue weighted by molar-refractivity contribution is 6.35. The fraction of sp³-hybridized carbons (Fsp3) is 0.300. The quantitative estimate of drug-likeness (QED) is 0.787. The highest BCUT2D eigenvalue weighted by atomic mass is 35.5. The van der Waals surface area contributed by atoms with Crippen LogP contribution in [0.2, 0.25) is 5.02 Å². The standard InChI is InChI=1S/C10H11ClO3/c1-3-14-7-4-8(6(2)12)10(11)9(13)5-7/h4-5,13H,3H2,1-2H3. The van der Waals surface area contributed by atoms with Crippen molar-refractivity contribution >= 4 is 17.4 Å². The van der Waals surface area contributed by atoms with Gasteiger partial charge in [0.15, 0.2) is 5.78 Å². The highest BCUT2D eigenvalue weighted by Crippen LogP contribution is 2.32. The highest BCUT2D eigenvalue weighted by Gasteiger charge is 2.12. The van der Waals surface area contributed by atoms with Crippen molar-refractivity contribution in [1.29, 1.82) is 0 Å². The molecule has 0 radical (unpaired) electrons. The second-order valence-electron chi connectivity index (χ2n) is 2.79. The average Bonchev–Trinajstić information content (AvgIpc) is 2.11. The fourth-order valence-electron chi connectivity index (χ4n) is 1.09. The summed E-state index contributed by atoms with van der Waals surface area (Å²) < 4.78 is 5.16. The number of aromatic hydroxyl groups is 1. The van der Waals surface area contributed by atoms with Crippen LogP contribution in [0.1, 0.15) is 24.2 Å². The second-order valence-corrected chi connectivity index (χ2v) is 3.17. The van der Waals surface area contributed by atoms with Gasteiger partial charge in [0.05, 0.1) is 11.6 Å². The van der Waals surface area contributed by atoms with E-state index < -0.39 is 0 Å². The largest absolute Gasteiger partial charge is 0.506 e. The van der Waals surface area contributed by atoms with E-state index in [-0.39, 0.29) is 22.1 Å². The Balaban J connectivity index is 3.21. The van der Waals surface area contributed by atoms with Crippen LogP contribution in [-0.2, 0) is 0 Å². The van der Waals surface area contributed by atoms with Gasteiger partial charge in [-0.3, -0.25) is 4.79 Å². The molecule has 3 nitrogen and oxygen atoms in total. The summed E-state index contributed by atoms with van der Waals surface area (Å²) in [5.74, 6) is 0.106. The van der Waals surface area contributed by atoms with Gasteiger partial charge >= 0.3 is 0 Å². The molecule has 0 heterocycles. The third-order valence-electron chi connectivity index (χ3n) is 1.72. The first-order valence-corrected chi connectivity index (χ1v) is 4.60. The summed E-state index contributed by atoms with van der Waals surface area (Å²) in [4.78, 5) is 11.1. The summed E-state index contributed by atoms with van der Waals surface area (Å²) >= 11 is 5.73. The van der Waals surface area contributed by atoms with Crippen molar-refractivity contribution in [3.63, 3.8) is 0 Å². The fourth-order valence-corrected chi connectivity index (χ4v) is 1.33. The van der Waals surface area contributed by atoms with E-state index in [1.54, 1.807) is 0 Å². The van der Waals surface area contributed by atoms with Gasteiger partial charge in [-0.05, 0) is 19.9 Å². The molecule has 0 saturated carbocycles. The number of phenols is 1. The minimum Gasteiger partial charge on any atom is -0.506 e. The van der Waals surface area contributed by atoms with E-state index in [4.69, 9.17) is 16.3 Å². The Labute approximate surface area is 87.3 Å². The number of ether oxygens (including phenoxy) is 1. The molecule has 1 N–H and O–H groups in total. The Morgan fingerprint density at radius 3 is 2.71 bits per heavy atom. The molecule has 0 saturated heterocycles. The lowest BCUT2D eigenvalue weighted by atomic mass is 10.1. The van der Waals surface area contributed by atoms with Crippen molar-refractivity contribution in [2.75, 3.05) is 6.61 Å². The van der Waals surface area contributed by atoms with Gasteiger partial charge in [-0.25, -0.2) is 0 Å². The number of hydrogen-bond donors (Lipinski definition) is 1. The predicted molar refractivity (Wildman–Crippen MR) is 54.3 cm³/mol. The Kier molecular flexibility index (Phi) is 3.36. The SMILES string of the molecule is CCOc1cc(O)c(Cl)c(C(C)=O)c1. The zero-order chi connectivity index (χ0) is 10.7. The summed E-state index contributed by atoms with van der Waals surface area (Å²) in [6, 6.07) is 2.91. The second kappa shape index (κ2) is 4.33. The molecule has 76 valence electrons. The van der Waals surface area contributed by atoms with E-state index in [0.29, 0.717) is 12.4 Å². The van der Waals surface area contributed by atoms with Crippen LogP contribution >= 0.6 is 11.6 Å². The molecule has 0 aliphatic carbocycles. The molecule has 4 heteroatoms. The maximum atomic E-state index is 11.1. The molecule has 0 aliphatic heterocycles. The molecule has 0 unspecified atom stereocenters. The van der Waals surface area contributed by atoms with E-state index >= 15 is 0 Å². The van der Waals surface area contributed by atoms with E-state index in [1.807, 2.05) is 6.92 Å².